The molecule has 1 aromatic heterocycles. The number of esters is 2. The van der Waals surface area contributed by atoms with Gasteiger partial charge in [0, 0.05) is 9.86 Å². The molecule has 0 unspecified atom stereocenters. The standard InChI is InChI=1S/C15H14BrN3O5/c1-22-14(20)9-6-24-7-19(13(9)15(21)23-2)12-4-11-8(3-10(12)16)5-17-18-11/h3-5H,6-7H2,1-2H3,(H,17,18). The molecule has 1 aliphatic rings. The molecular formula is C15H14BrN3O5. The van der Waals surface area contributed by atoms with E-state index in [0.717, 1.165) is 10.9 Å². The summed E-state index contributed by atoms with van der Waals surface area (Å²) in [6.45, 7) is 0.0562. The van der Waals surface area contributed by atoms with Crippen molar-refractivity contribution in [3.05, 3.63) is 34.1 Å². The first-order valence-electron chi connectivity index (χ1n) is 6.94. The highest BCUT2D eigenvalue weighted by Crippen LogP contribution is 2.35. The van der Waals surface area contributed by atoms with Crippen molar-refractivity contribution in [2.45, 2.75) is 0 Å². The number of carbonyl (C=O) groups is 2. The van der Waals surface area contributed by atoms with Crippen molar-refractivity contribution in [1.29, 1.82) is 0 Å². The van der Waals surface area contributed by atoms with Gasteiger partial charge in [-0.1, -0.05) is 0 Å². The molecule has 0 radical (unpaired) electrons. The van der Waals surface area contributed by atoms with Crippen molar-refractivity contribution >= 4 is 44.5 Å². The molecule has 0 aliphatic carbocycles. The Morgan fingerprint density at radius 2 is 2.04 bits per heavy atom. The molecule has 24 heavy (non-hydrogen) atoms. The van der Waals surface area contributed by atoms with Gasteiger partial charge in [0.05, 0.1) is 43.8 Å². The molecule has 0 saturated heterocycles. The Hall–Kier alpha value is -2.39. The van der Waals surface area contributed by atoms with Crippen molar-refractivity contribution in [3.8, 4) is 0 Å². The van der Waals surface area contributed by atoms with Gasteiger partial charge in [-0.25, -0.2) is 9.59 Å². The molecule has 9 heteroatoms. The lowest BCUT2D eigenvalue weighted by molar-refractivity contribution is -0.140. The van der Waals surface area contributed by atoms with Gasteiger partial charge in [0.15, 0.2) is 0 Å². The lowest BCUT2D eigenvalue weighted by Crippen LogP contribution is -2.39. The molecular weight excluding hydrogens is 382 g/mol. The van der Waals surface area contributed by atoms with Crippen LogP contribution in [0.1, 0.15) is 0 Å². The Morgan fingerprint density at radius 1 is 1.29 bits per heavy atom. The molecule has 0 amide bonds. The number of H-pyrrole nitrogens is 1. The number of benzene rings is 1. The molecule has 1 aliphatic heterocycles. The quantitative estimate of drug-likeness (QED) is 0.790. The lowest BCUT2D eigenvalue weighted by Gasteiger charge is -2.31. The smallest absolute Gasteiger partial charge is 0.355 e. The van der Waals surface area contributed by atoms with Gasteiger partial charge in [0.1, 0.15) is 12.4 Å². The molecule has 8 nitrogen and oxygen atoms in total. The van der Waals surface area contributed by atoms with Crippen LogP contribution in [0.5, 0.6) is 0 Å². The van der Waals surface area contributed by atoms with Crippen molar-refractivity contribution < 1.29 is 23.8 Å². The zero-order chi connectivity index (χ0) is 17.3. The van der Waals surface area contributed by atoms with E-state index in [1.165, 1.54) is 14.2 Å². The molecule has 2 aromatic rings. The fourth-order valence-corrected chi connectivity index (χ4v) is 3.07. The molecule has 0 bridgehead atoms. The maximum absolute atomic E-state index is 12.3. The fraction of sp³-hybridized carbons (Fsp3) is 0.267. The van der Waals surface area contributed by atoms with Crippen molar-refractivity contribution in [3.63, 3.8) is 0 Å². The number of aromatic nitrogens is 2. The summed E-state index contributed by atoms with van der Waals surface area (Å²) < 4.78 is 15.8. The fourth-order valence-electron chi connectivity index (χ4n) is 2.49. The number of ether oxygens (including phenoxy) is 3. The van der Waals surface area contributed by atoms with Crippen LogP contribution in [-0.4, -0.2) is 49.7 Å². The summed E-state index contributed by atoms with van der Waals surface area (Å²) in [7, 11) is 2.50. The Kier molecular flexibility index (Phi) is 4.54. The third kappa shape index (κ3) is 2.76. The Bertz CT molecular complexity index is 845. The van der Waals surface area contributed by atoms with Gasteiger partial charge in [-0.3, -0.25) is 5.10 Å². The average Bonchev–Trinajstić information content (AvgIpc) is 3.06. The first kappa shape index (κ1) is 16.5. The van der Waals surface area contributed by atoms with E-state index in [1.54, 1.807) is 17.2 Å². The van der Waals surface area contributed by atoms with E-state index in [9.17, 15) is 9.59 Å². The molecule has 2 heterocycles. The van der Waals surface area contributed by atoms with Crippen LogP contribution < -0.4 is 4.90 Å². The van der Waals surface area contributed by atoms with Gasteiger partial charge in [0.25, 0.3) is 0 Å². The molecule has 3 rings (SSSR count). The largest absolute Gasteiger partial charge is 0.466 e. The van der Waals surface area contributed by atoms with Gasteiger partial charge in [-0.05, 0) is 28.1 Å². The normalized spacial score (nSPS) is 14.9. The summed E-state index contributed by atoms with van der Waals surface area (Å²) >= 11 is 3.48. The highest BCUT2D eigenvalue weighted by Gasteiger charge is 2.33. The van der Waals surface area contributed by atoms with Crippen LogP contribution >= 0.6 is 15.9 Å². The molecule has 1 aromatic carbocycles. The Labute approximate surface area is 145 Å². The third-order valence-electron chi connectivity index (χ3n) is 3.63. The second-order valence-electron chi connectivity index (χ2n) is 4.98. The topological polar surface area (TPSA) is 93.8 Å². The predicted molar refractivity (Wildman–Crippen MR) is 88.1 cm³/mol. The minimum Gasteiger partial charge on any atom is -0.466 e. The maximum Gasteiger partial charge on any atom is 0.355 e. The number of fused-ring (bicyclic) bond motifs is 1. The highest BCUT2D eigenvalue weighted by atomic mass is 79.9. The number of hydrogen-bond donors (Lipinski definition) is 1. The number of carbonyl (C=O) groups excluding carboxylic acids is 2. The molecule has 0 spiro atoms. The number of methoxy groups -OCH3 is 2. The van der Waals surface area contributed by atoms with Gasteiger partial charge < -0.3 is 19.1 Å². The van der Waals surface area contributed by atoms with E-state index in [4.69, 9.17) is 14.2 Å². The van der Waals surface area contributed by atoms with Crippen LogP contribution in [0.3, 0.4) is 0 Å². The van der Waals surface area contributed by atoms with Gasteiger partial charge in [-0.2, -0.15) is 5.10 Å². The average molecular weight is 396 g/mol. The van der Waals surface area contributed by atoms with E-state index in [-0.39, 0.29) is 24.6 Å². The lowest BCUT2D eigenvalue weighted by atomic mass is 10.1. The number of hydrogen-bond acceptors (Lipinski definition) is 7. The summed E-state index contributed by atoms with van der Waals surface area (Å²) in [6.07, 6.45) is 1.69. The first-order chi connectivity index (χ1) is 11.6. The summed E-state index contributed by atoms with van der Waals surface area (Å²) in [5.41, 5.74) is 1.61. The minimum absolute atomic E-state index is 0.0302. The van der Waals surface area contributed by atoms with Crippen molar-refractivity contribution in [2.24, 2.45) is 0 Å². The van der Waals surface area contributed by atoms with Crippen LogP contribution in [-0.2, 0) is 23.8 Å². The van der Waals surface area contributed by atoms with Crippen molar-refractivity contribution in [2.75, 3.05) is 32.5 Å². The van der Waals surface area contributed by atoms with Gasteiger partial charge in [0.2, 0.25) is 0 Å². The maximum atomic E-state index is 12.3. The minimum atomic E-state index is -0.643. The second kappa shape index (κ2) is 6.62. The number of aromatic amines is 1. The van der Waals surface area contributed by atoms with E-state index in [2.05, 4.69) is 26.1 Å². The monoisotopic (exact) mass is 395 g/mol. The van der Waals surface area contributed by atoms with E-state index < -0.39 is 11.9 Å². The van der Waals surface area contributed by atoms with E-state index in [0.29, 0.717) is 10.2 Å². The summed E-state index contributed by atoms with van der Waals surface area (Å²) in [4.78, 5) is 25.9. The van der Waals surface area contributed by atoms with Crippen molar-refractivity contribution in [1.82, 2.24) is 10.2 Å². The Morgan fingerprint density at radius 3 is 2.75 bits per heavy atom. The zero-order valence-corrected chi connectivity index (χ0v) is 14.5. The van der Waals surface area contributed by atoms with Crippen LogP contribution in [0.15, 0.2) is 34.1 Å². The van der Waals surface area contributed by atoms with Gasteiger partial charge >= 0.3 is 11.9 Å². The number of halogens is 1. The number of rotatable bonds is 3. The van der Waals surface area contributed by atoms with Crippen LogP contribution in [0.2, 0.25) is 0 Å². The molecule has 126 valence electrons. The molecule has 0 atom stereocenters. The van der Waals surface area contributed by atoms with Crippen LogP contribution in [0.4, 0.5) is 5.69 Å². The van der Waals surface area contributed by atoms with Crippen LogP contribution in [0.25, 0.3) is 10.9 Å². The second-order valence-corrected chi connectivity index (χ2v) is 5.83. The highest BCUT2D eigenvalue weighted by molar-refractivity contribution is 9.10. The molecule has 1 N–H and O–H groups in total. The number of nitrogens with zero attached hydrogens (tertiary/aromatic N) is 2. The molecule has 0 fully saturated rings. The number of nitrogens with one attached hydrogen (secondary N) is 1. The van der Waals surface area contributed by atoms with Gasteiger partial charge in [-0.15, -0.1) is 0 Å². The van der Waals surface area contributed by atoms with Crippen LogP contribution in [0, 0.1) is 0 Å². The predicted octanol–water partition coefficient (Wildman–Crippen LogP) is 1.72. The number of anilines is 1. The van der Waals surface area contributed by atoms with E-state index >= 15 is 0 Å². The summed E-state index contributed by atoms with van der Waals surface area (Å²) in [5, 5.41) is 7.75. The molecule has 0 saturated carbocycles. The summed E-state index contributed by atoms with van der Waals surface area (Å²) in [6, 6.07) is 3.66. The summed E-state index contributed by atoms with van der Waals surface area (Å²) in [5.74, 6) is -1.28. The first-order valence-corrected chi connectivity index (χ1v) is 7.73. The SMILES string of the molecule is COC(=O)C1=C(C(=O)OC)N(c2cc3[nH]ncc3cc2Br)COC1. The Balaban J connectivity index is 2.17. The zero-order valence-electron chi connectivity index (χ0n) is 13.0. The van der Waals surface area contributed by atoms with E-state index in [1.807, 2.05) is 6.07 Å². The third-order valence-corrected chi connectivity index (χ3v) is 4.27.